The predicted molar refractivity (Wildman–Crippen MR) is 157 cm³/mol. The molecule has 2 amide bonds. The van der Waals surface area contributed by atoms with E-state index in [2.05, 4.69) is 5.32 Å². The van der Waals surface area contributed by atoms with Gasteiger partial charge in [0, 0.05) is 41.0 Å². The lowest BCUT2D eigenvalue weighted by Gasteiger charge is -2.35. The number of aryl methyl sites for hydroxylation is 1. The molecule has 4 aromatic rings. The number of hydrogen-bond donors (Lipinski definition) is 1. The van der Waals surface area contributed by atoms with Crippen LogP contribution < -0.4 is 5.32 Å². The van der Waals surface area contributed by atoms with Crippen LogP contribution in [0.1, 0.15) is 35.3 Å². The quantitative estimate of drug-likeness (QED) is 0.301. The molecule has 0 radical (unpaired) electrons. The zero-order chi connectivity index (χ0) is 28.2. The Kier molecular flexibility index (Phi) is 8.14. The molecule has 8 heteroatoms. The van der Waals surface area contributed by atoms with Crippen molar-refractivity contribution in [1.82, 2.24) is 20.0 Å². The van der Waals surface area contributed by atoms with Crippen LogP contribution in [-0.2, 0) is 9.53 Å². The van der Waals surface area contributed by atoms with Crippen LogP contribution in [0.5, 0.6) is 0 Å². The third-order valence-corrected chi connectivity index (χ3v) is 6.93. The normalized spacial score (nSPS) is 17.5. The number of ether oxygens (including phenoxy) is 1. The summed E-state index contributed by atoms with van der Waals surface area (Å²) in [7, 11) is 0. The summed E-state index contributed by atoms with van der Waals surface area (Å²) in [5.74, 6) is -0.644. The second-order valence-electron chi connectivity index (χ2n) is 10.1. The standard InChI is InChI=1S/C32H31ClN4O3/c1-21-9-11-25(12-10-21)31(38)34-29(32(39)36-18-22(2)40-23(3)19-36)17-26-20-37(28-7-5-4-6-8-28)35-30(26)24-13-15-27(33)16-14-24/h4-17,20,22-23H,18-19H2,1-3H3,(H,34,38). The van der Waals surface area contributed by atoms with E-state index in [-0.39, 0.29) is 29.7 Å². The number of morpholine rings is 1. The van der Waals surface area contributed by atoms with E-state index in [0.29, 0.717) is 34.9 Å². The van der Waals surface area contributed by atoms with Gasteiger partial charge in [0.25, 0.3) is 11.8 Å². The zero-order valence-electron chi connectivity index (χ0n) is 22.7. The number of nitrogens with one attached hydrogen (secondary N) is 1. The van der Waals surface area contributed by atoms with Gasteiger partial charge in [-0.1, -0.05) is 59.6 Å². The zero-order valence-corrected chi connectivity index (χ0v) is 23.4. The highest BCUT2D eigenvalue weighted by molar-refractivity contribution is 6.30. The van der Waals surface area contributed by atoms with Crippen LogP contribution >= 0.6 is 11.6 Å². The van der Waals surface area contributed by atoms with Gasteiger partial charge in [0.2, 0.25) is 0 Å². The summed E-state index contributed by atoms with van der Waals surface area (Å²) in [5, 5.41) is 8.36. The second kappa shape index (κ2) is 11.9. The Morgan fingerprint density at radius 3 is 2.25 bits per heavy atom. The van der Waals surface area contributed by atoms with Crippen molar-refractivity contribution in [3.8, 4) is 16.9 Å². The minimum absolute atomic E-state index is 0.118. The van der Waals surface area contributed by atoms with E-state index in [0.717, 1.165) is 16.8 Å². The van der Waals surface area contributed by atoms with Crippen LogP contribution in [0.2, 0.25) is 5.02 Å². The lowest BCUT2D eigenvalue weighted by molar-refractivity contribution is -0.139. The summed E-state index contributed by atoms with van der Waals surface area (Å²) in [6.45, 7) is 6.68. The van der Waals surface area contributed by atoms with E-state index in [9.17, 15) is 9.59 Å². The van der Waals surface area contributed by atoms with E-state index in [1.165, 1.54) is 0 Å². The van der Waals surface area contributed by atoms with Crippen LogP contribution in [0.3, 0.4) is 0 Å². The highest BCUT2D eigenvalue weighted by atomic mass is 35.5. The van der Waals surface area contributed by atoms with Crippen molar-refractivity contribution in [3.63, 3.8) is 0 Å². The summed E-state index contributed by atoms with van der Waals surface area (Å²) in [4.78, 5) is 29.0. The van der Waals surface area contributed by atoms with E-state index in [1.54, 1.807) is 39.9 Å². The summed E-state index contributed by atoms with van der Waals surface area (Å²) in [6, 6.07) is 24.3. The minimum Gasteiger partial charge on any atom is -0.372 e. The maximum Gasteiger partial charge on any atom is 0.270 e. The lowest BCUT2D eigenvalue weighted by atomic mass is 10.1. The molecule has 2 unspecified atom stereocenters. The molecule has 1 aliphatic heterocycles. The summed E-state index contributed by atoms with van der Waals surface area (Å²) in [5.41, 5.74) is 4.69. The predicted octanol–water partition coefficient (Wildman–Crippen LogP) is 5.91. The molecule has 2 atom stereocenters. The SMILES string of the molecule is Cc1ccc(C(=O)NC(=Cc2cn(-c3ccccc3)nc2-c2ccc(Cl)cc2)C(=O)N2CC(C)OC(C)C2)cc1. The van der Waals surface area contributed by atoms with Crippen molar-refractivity contribution in [2.24, 2.45) is 0 Å². The number of aromatic nitrogens is 2. The topological polar surface area (TPSA) is 76.5 Å². The third kappa shape index (κ3) is 6.33. The molecule has 0 bridgehead atoms. The molecule has 1 N–H and O–H groups in total. The van der Waals surface area contributed by atoms with Crippen molar-refractivity contribution in [3.05, 3.63) is 112 Å². The molecule has 5 rings (SSSR count). The third-order valence-electron chi connectivity index (χ3n) is 6.68. The minimum atomic E-state index is -0.363. The Balaban J connectivity index is 1.59. The van der Waals surface area contributed by atoms with E-state index < -0.39 is 0 Å². The van der Waals surface area contributed by atoms with Crippen LogP contribution in [-0.4, -0.2) is 51.8 Å². The van der Waals surface area contributed by atoms with Crippen molar-refractivity contribution >= 4 is 29.5 Å². The Morgan fingerprint density at radius 2 is 1.60 bits per heavy atom. The van der Waals surface area contributed by atoms with E-state index in [4.69, 9.17) is 21.4 Å². The fourth-order valence-corrected chi connectivity index (χ4v) is 4.88. The first-order chi connectivity index (χ1) is 19.3. The average Bonchev–Trinajstić information content (AvgIpc) is 3.36. The molecule has 1 saturated heterocycles. The molecule has 1 aliphatic rings. The highest BCUT2D eigenvalue weighted by Crippen LogP contribution is 2.27. The van der Waals surface area contributed by atoms with Crippen molar-refractivity contribution in [2.45, 2.75) is 33.0 Å². The summed E-state index contributed by atoms with van der Waals surface area (Å²) in [6.07, 6.45) is 3.32. The number of amides is 2. The molecule has 3 aromatic carbocycles. The van der Waals surface area contributed by atoms with Crippen molar-refractivity contribution in [1.29, 1.82) is 0 Å². The molecule has 0 aliphatic carbocycles. The Morgan fingerprint density at radius 1 is 0.950 bits per heavy atom. The van der Waals surface area contributed by atoms with Crippen LogP contribution in [0.25, 0.3) is 23.0 Å². The molecule has 1 aromatic heterocycles. The molecular formula is C32H31ClN4O3. The van der Waals surface area contributed by atoms with Gasteiger partial charge in [-0.05, 0) is 63.2 Å². The largest absolute Gasteiger partial charge is 0.372 e. The number of hydrogen-bond acceptors (Lipinski definition) is 4. The fraction of sp³-hybridized carbons (Fsp3) is 0.219. The van der Waals surface area contributed by atoms with Crippen molar-refractivity contribution < 1.29 is 14.3 Å². The van der Waals surface area contributed by atoms with Gasteiger partial charge in [-0.15, -0.1) is 0 Å². The van der Waals surface area contributed by atoms with Crippen LogP contribution in [0, 0.1) is 6.92 Å². The van der Waals surface area contributed by atoms with Gasteiger partial charge in [0.1, 0.15) is 11.4 Å². The Labute approximate surface area is 239 Å². The van der Waals surface area contributed by atoms with Gasteiger partial charge >= 0.3 is 0 Å². The van der Waals surface area contributed by atoms with E-state index >= 15 is 0 Å². The average molecular weight is 555 g/mol. The number of rotatable bonds is 6. The maximum atomic E-state index is 13.9. The molecular weight excluding hydrogens is 524 g/mol. The van der Waals surface area contributed by atoms with Gasteiger partial charge in [-0.2, -0.15) is 5.10 Å². The lowest BCUT2D eigenvalue weighted by Crippen LogP contribution is -2.50. The smallest absolute Gasteiger partial charge is 0.270 e. The monoisotopic (exact) mass is 554 g/mol. The summed E-state index contributed by atoms with van der Waals surface area (Å²) < 4.78 is 7.60. The highest BCUT2D eigenvalue weighted by Gasteiger charge is 2.29. The van der Waals surface area contributed by atoms with E-state index in [1.807, 2.05) is 81.6 Å². The van der Waals surface area contributed by atoms with Gasteiger partial charge in [-0.25, -0.2) is 4.68 Å². The number of halogens is 1. The molecule has 1 fully saturated rings. The number of para-hydroxylation sites is 1. The molecule has 7 nitrogen and oxygen atoms in total. The van der Waals surface area contributed by atoms with Gasteiger partial charge in [0.05, 0.1) is 17.9 Å². The summed E-state index contributed by atoms with van der Waals surface area (Å²) >= 11 is 6.16. The Hall–Kier alpha value is -4.20. The van der Waals surface area contributed by atoms with Crippen LogP contribution in [0.15, 0.2) is 90.8 Å². The Bertz CT molecular complexity index is 1520. The van der Waals surface area contributed by atoms with Gasteiger partial charge in [0.15, 0.2) is 0 Å². The van der Waals surface area contributed by atoms with Gasteiger partial charge in [-0.3, -0.25) is 9.59 Å². The number of carbonyl (C=O) groups is 2. The maximum absolute atomic E-state index is 13.9. The molecule has 204 valence electrons. The molecule has 40 heavy (non-hydrogen) atoms. The second-order valence-corrected chi connectivity index (χ2v) is 10.5. The number of nitrogens with zero attached hydrogens (tertiary/aromatic N) is 3. The first-order valence-electron chi connectivity index (χ1n) is 13.2. The first kappa shape index (κ1) is 27.4. The molecule has 2 heterocycles. The first-order valence-corrected chi connectivity index (χ1v) is 13.6. The number of benzene rings is 3. The van der Waals surface area contributed by atoms with Crippen LogP contribution in [0.4, 0.5) is 0 Å². The molecule has 0 spiro atoms. The fourth-order valence-electron chi connectivity index (χ4n) is 4.76. The van der Waals surface area contributed by atoms with Crippen molar-refractivity contribution in [2.75, 3.05) is 13.1 Å². The number of carbonyl (C=O) groups excluding carboxylic acids is 2. The molecule has 0 saturated carbocycles. The van der Waals surface area contributed by atoms with Gasteiger partial charge < -0.3 is 15.0 Å².